The molecular formula is C29H29N3O5. The van der Waals surface area contributed by atoms with Crippen LogP contribution >= 0.6 is 0 Å². The highest BCUT2D eigenvalue weighted by atomic mass is 16.5. The largest absolute Gasteiger partial charge is 0.493 e. The Hall–Kier alpha value is -4.33. The van der Waals surface area contributed by atoms with Gasteiger partial charge in [-0.3, -0.25) is 14.5 Å². The van der Waals surface area contributed by atoms with Crippen molar-refractivity contribution in [3.8, 4) is 11.5 Å². The van der Waals surface area contributed by atoms with Gasteiger partial charge in [0.05, 0.1) is 37.9 Å². The maximum Gasteiger partial charge on any atom is 0.321 e. The van der Waals surface area contributed by atoms with Crippen molar-refractivity contribution in [3.05, 3.63) is 83.9 Å². The smallest absolute Gasteiger partial charge is 0.321 e. The Morgan fingerprint density at radius 3 is 2.43 bits per heavy atom. The van der Waals surface area contributed by atoms with Gasteiger partial charge in [0.15, 0.2) is 17.4 Å². The van der Waals surface area contributed by atoms with Crippen molar-refractivity contribution >= 4 is 28.9 Å². The molecule has 0 spiro atoms. The number of methoxy groups -OCH3 is 2. The zero-order chi connectivity index (χ0) is 25.9. The monoisotopic (exact) mass is 499 g/mol. The molecule has 37 heavy (non-hydrogen) atoms. The van der Waals surface area contributed by atoms with Crippen molar-refractivity contribution in [1.29, 1.82) is 0 Å². The van der Waals surface area contributed by atoms with E-state index < -0.39 is 17.9 Å². The minimum Gasteiger partial charge on any atom is -0.493 e. The molecule has 3 aromatic carbocycles. The first-order chi connectivity index (χ1) is 18.1. The number of hydrogen-bond acceptors (Lipinski definition) is 6. The fourth-order valence-corrected chi connectivity index (χ4v) is 5.07. The molecule has 8 nitrogen and oxygen atoms in total. The first-order valence-corrected chi connectivity index (χ1v) is 12.3. The van der Waals surface area contributed by atoms with Gasteiger partial charge in [-0.05, 0) is 37.1 Å². The van der Waals surface area contributed by atoms with Gasteiger partial charge in [0.1, 0.15) is 0 Å². The van der Waals surface area contributed by atoms with E-state index in [0.717, 1.165) is 16.6 Å². The van der Waals surface area contributed by atoms with E-state index in [2.05, 4.69) is 0 Å². The molecule has 4 aromatic rings. The van der Waals surface area contributed by atoms with Crippen LogP contribution in [0.3, 0.4) is 0 Å². The third-order valence-electron chi connectivity index (χ3n) is 6.70. The molecule has 1 amide bonds. The summed E-state index contributed by atoms with van der Waals surface area (Å²) in [5.41, 5.74) is 3.26. The van der Waals surface area contributed by atoms with E-state index in [4.69, 9.17) is 19.2 Å². The second kappa shape index (κ2) is 10.3. The summed E-state index contributed by atoms with van der Waals surface area (Å²) in [6.45, 7) is 2.26. The Morgan fingerprint density at radius 1 is 0.946 bits per heavy atom. The van der Waals surface area contributed by atoms with E-state index in [1.54, 1.807) is 32.1 Å². The number of amides is 1. The number of ether oxygens (including phenoxy) is 3. The van der Waals surface area contributed by atoms with Gasteiger partial charge in [-0.25, -0.2) is 4.98 Å². The van der Waals surface area contributed by atoms with Gasteiger partial charge in [-0.15, -0.1) is 0 Å². The number of benzene rings is 3. The van der Waals surface area contributed by atoms with Gasteiger partial charge in [0.25, 0.3) is 0 Å². The Morgan fingerprint density at radius 2 is 1.70 bits per heavy atom. The molecule has 190 valence electrons. The molecule has 0 radical (unpaired) electrons. The Labute approximate surface area is 215 Å². The molecule has 1 aromatic heterocycles. The van der Waals surface area contributed by atoms with Crippen LogP contribution in [0.2, 0.25) is 0 Å². The fourth-order valence-electron chi connectivity index (χ4n) is 5.07. The maximum atomic E-state index is 14.1. The maximum absolute atomic E-state index is 14.1. The molecule has 0 aliphatic carbocycles. The third kappa shape index (κ3) is 4.28. The van der Waals surface area contributed by atoms with Gasteiger partial charge in [0, 0.05) is 12.1 Å². The van der Waals surface area contributed by atoms with E-state index in [1.807, 2.05) is 71.3 Å². The normalized spacial score (nSPS) is 16.9. The van der Waals surface area contributed by atoms with Crippen LogP contribution in [0.4, 0.5) is 5.95 Å². The molecule has 0 N–H and O–H groups in total. The van der Waals surface area contributed by atoms with Gasteiger partial charge in [-0.1, -0.05) is 54.6 Å². The molecule has 2 atom stereocenters. The number of rotatable bonds is 8. The molecule has 0 bridgehead atoms. The number of para-hydroxylation sites is 3. The van der Waals surface area contributed by atoms with Crippen LogP contribution in [0.15, 0.2) is 72.8 Å². The average molecular weight is 500 g/mol. The van der Waals surface area contributed by atoms with Gasteiger partial charge >= 0.3 is 5.97 Å². The van der Waals surface area contributed by atoms with Crippen molar-refractivity contribution in [1.82, 2.24) is 9.55 Å². The lowest BCUT2D eigenvalue weighted by atomic mass is 9.88. The fraction of sp³-hybridized carbons (Fsp3) is 0.276. The summed E-state index contributed by atoms with van der Waals surface area (Å²) in [7, 11) is 3.10. The lowest BCUT2D eigenvalue weighted by Gasteiger charge is -2.38. The van der Waals surface area contributed by atoms with Crippen LogP contribution in [-0.2, 0) is 20.7 Å². The van der Waals surface area contributed by atoms with Crippen LogP contribution in [0.25, 0.3) is 11.0 Å². The van der Waals surface area contributed by atoms with Gasteiger partial charge in [0.2, 0.25) is 11.9 Å². The summed E-state index contributed by atoms with van der Waals surface area (Å²) >= 11 is 0. The molecule has 2 heterocycles. The molecule has 1 aliphatic heterocycles. The minimum atomic E-state index is -1.14. The quantitative estimate of drug-likeness (QED) is 0.264. The Bertz CT molecular complexity index is 1430. The highest BCUT2D eigenvalue weighted by Crippen LogP contribution is 2.46. The van der Waals surface area contributed by atoms with Crippen LogP contribution in [0, 0.1) is 5.92 Å². The van der Waals surface area contributed by atoms with Crippen molar-refractivity contribution in [3.63, 3.8) is 0 Å². The standard InChI is InChI=1S/C29H29N3O5/c1-4-37-28(34)24-25(20-13-10-16-23(35-2)26(20)36-3)32-22-15-9-8-14-21(22)30-29(32)31(27(24)33)18-17-19-11-6-5-7-12-19/h5-16,24-25H,4,17-18H2,1-3H3/t24-,25+/m1/s1. The van der Waals surface area contributed by atoms with E-state index >= 15 is 0 Å². The summed E-state index contributed by atoms with van der Waals surface area (Å²) in [5, 5.41) is 0. The highest BCUT2D eigenvalue weighted by Gasteiger charge is 2.48. The number of esters is 1. The summed E-state index contributed by atoms with van der Waals surface area (Å²) in [5.74, 6) is -0.631. The molecule has 5 rings (SSSR count). The van der Waals surface area contributed by atoms with Crippen LogP contribution in [0.1, 0.15) is 24.1 Å². The minimum absolute atomic E-state index is 0.159. The first kappa shape index (κ1) is 24.4. The van der Waals surface area contributed by atoms with Crippen LogP contribution in [-0.4, -0.2) is 48.8 Å². The number of carbonyl (C=O) groups excluding carboxylic acids is 2. The SMILES string of the molecule is CCOC(=O)[C@H]1C(=O)N(CCc2ccccc2)c2nc3ccccc3n2[C@H]1c1cccc(OC)c1OC. The average Bonchev–Trinajstić information content (AvgIpc) is 3.31. The van der Waals surface area contributed by atoms with Gasteiger partial charge < -0.3 is 18.8 Å². The van der Waals surface area contributed by atoms with Crippen molar-refractivity contribution in [2.45, 2.75) is 19.4 Å². The first-order valence-electron chi connectivity index (χ1n) is 12.3. The lowest BCUT2D eigenvalue weighted by molar-refractivity contribution is -0.153. The number of imidazole rings is 1. The van der Waals surface area contributed by atoms with Crippen LogP contribution < -0.4 is 14.4 Å². The highest BCUT2D eigenvalue weighted by molar-refractivity contribution is 6.08. The lowest BCUT2D eigenvalue weighted by Crippen LogP contribution is -2.50. The van der Waals surface area contributed by atoms with Crippen molar-refractivity contribution in [2.24, 2.45) is 5.92 Å². The molecule has 0 fully saturated rings. The topological polar surface area (TPSA) is 82.9 Å². The van der Waals surface area contributed by atoms with Crippen LogP contribution in [0.5, 0.6) is 11.5 Å². The number of fused-ring (bicyclic) bond motifs is 3. The number of carbonyl (C=O) groups is 2. The molecule has 8 heteroatoms. The summed E-state index contributed by atoms with van der Waals surface area (Å²) < 4.78 is 18.7. The second-order valence-electron chi connectivity index (χ2n) is 8.75. The zero-order valence-corrected chi connectivity index (χ0v) is 21.1. The number of anilines is 1. The van der Waals surface area contributed by atoms with Crippen molar-refractivity contribution < 1.29 is 23.8 Å². The Kier molecular flexibility index (Phi) is 6.81. The van der Waals surface area contributed by atoms with Gasteiger partial charge in [-0.2, -0.15) is 0 Å². The number of aromatic nitrogens is 2. The predicted octanol–water partition coefficient (Wildman–Crippen LogP) is 4.41. The van der Waals surface area contributed by atoms with E-state index in [0.29, 0.717) is 36.0 Å². The summed E-state index contributed by atoms with van der Waals surface area (Å²) in [6.07, 6.45) is 0.610. The Balaban J connectivity index is 1.73. The third-order valence-corrected chi connectivity index (χ3v) is 6.70. The molecular weight excluding hydrogens is 470 g/mol. The number of hydrogen-bond donors (Lipinski definition) is 0. The zero-order valence-electron chi connectivity index (χ0n) is 21.1. The van der Waals surface area contributed by atoms with E-state index in [1.165, 1.54) is 0 Å². The molecule has 1 aliphatic rings. The van der Waals surface area contributed by atoms with Crippen molar-refractivity contribution in [2.75, 3.05) is 32.3 Å². The molecule has 0 saturated carbocycles. The molecule has 0 saturated heterocycles. The van der Waals surface area contributed by atoms with E-state index in [-0.39, 0.29) is 12.5 Å². The molecule has 0 unspecified atom stereocenters. The predicted molar refractivity (Wildman–Crippen MR) is 140 cm³/mol. The summed E-state index contributed by atoms with van der Waals surface area (Å²) in [6, 6.07) is 22.3. The van der Waals surface area contributed by atoms with E-state index in [9.17, 15) is 9.59 Å². The second-order valence-corrected chi connectivity index (χ2v) is 8.75. The summed E-state index contributed by atoms with van der Waals surface area (Å²) in [4.78, 5) is 34.1. The number of nitrogens with zero attached hydrogens (tertiary/aromatic N) is 3.